The molecule has 0 bridgehead atoms. The Morgan fingerprint density at radius 2 is 2.08 bits per heavy atom. The first kappa shape index (κ1) is 8.56. The molecular weight excluding hydrogens is 164 g/mol. The molecule has 0 unspecified atom stereocenters. The van der Waals surface area contributed by atoms with E-state index < -0.39 is 0 Å². The summed E-state index contributed by atoms with van der Waals surface area (Å²) in [5.41, 5.74) is 1.22. The van der Waals surface area contributed by atoms with Gasteiger partial charge in [0.25, 0.3) is 0 Å². The molecule has 13 heavy (non-hydrogen) atoms. The van der Waals surface area contributed by atoms with Crippen molar-refractivity contribution >= 4 is 5.82 Å². The Morgan fingerprint density at radius 1 is 1.38 bits per heavy atom. The standard InChI is InChI=1S/C9H16N4/c1-8-7-9(11-12(8)2)13-5-3-10-4-6-13/h7,10H,3-6H2,1-2H3. The number of hydrogen-bond acceptors (Lipinski definition) is 3. The minimum absolute atomic E-state index is 1.07. The van der Waals surface area contributed by atoms with Crippen LogP contribution in [-0.2, 0) is 7.05 Å². The molecule has 0 amide bonds. The van der Waals surface area contributed by atoms with Gasteiger partial charge in [0.2, 0.25) is 0 Å². The van der Waals surface area contributed by atoms with Gasteiger partial charge in [0, 0.05) is 45.0 Å². The fourth-order valence-corrected chi connectivity index (χ4v) is 1.59. The minimum atomic E-state index is 1.07. The summed E-state index contributed by atoms with van der Waals surface area (Å²) >= 11 is 0. The largest absolute Gasteiger partial charge is 0.353 e. The summed E-state index contributed by atoms with van der Waals surface area (Å²) in [6.07, 6.45) is 0. The lowest BCUT2D eigenvalue weighted by Gasteiger charge is -2.27. The average Bonchev–Trinajstić information content (AvgIpc) is 2.49. The zero-order valence-corrected chi connectivity index (χ0v) is 8.25. The summed E-state index contributed by atoms with van der Waals surface area (Å²) in [4.78, 5) is 2.32. The summed E-state index contributed by atoms with van der Waals surface area (Å²) < 4.78 is 1.93. The van der Waals surface area contributed by atoms with E-state index in [1.807, 2.05) is 11.7 Å². The molecule has 1 saturated heterocycles. The first-order valence-corrected chi connectivity index (χ1v) is 4.73. The molecule has 1 fully saturated rings. The van der Waals surface area contributed by atoms with Crippen LogP contribution in [0.3, 0.4) is 0 Å². The van der Waals surface area contributed by atoms with Gasteiger partial charge in [-0.15, -0.1) is 0 Å². The number of aromatic nitrogens is 2. The smallest absolute Gasteiger partial charge is 0.150 e. The van der Waals surface area contributed by atoms with E-state index >= 15 is 0 Å². The van der Waals surface area contributed by atoms with Crippen LogP contribution in [-0.4, -0.2) is 36.0 Å². The van der Waals surface area contributed by atoms with Crippen molar-refractivity contribution in [3.8, 4) is 0 Å². The molecule has 1 aromatic rings. The predicted octanol–water partition coefficient (Wildman–Crippen LogP) is 0.138. The molecule has 0 aromatic carbocycles. The first-order chi connectivity index (χ1) is 6.27. The van der Waals surface area contributed by atoms with Crippen LogP contribution in [0, 0.1) is 6.92 Å². The fourth-order valence-electron chi connectivity index (χ4n) is 1.59. The molecule has 0 aliphatic carbocycles. The molecule has 0 radical (unpaired) electrons. The second-order valence-electron chi connectivity index (χ2n) is 3.50. The van der Waals surface area contributed by atoms with Crippen molar-refractivity contribution in [2.75, 3.05) is 31.1 Å². The van der Waals surface area contributed by atoms with E-state index in [2.05, 4.69) is 28.3 Å². The third-order valence-corrected chi connectivity index (χ3v) is 2.54. The lowest BCUT2D eigenvalue weighted by molar-refractivity contribution is 0.580. The number of nitrogens with zero attached hydrogens (tertiary/aromatic N) is 3. The number of aryl methyl sites for hydroxylation is 2. The van der Waals surface area contributed by atoms with Crippen LogP contribution in [0.5, 0.6) is 0 Å². The quantitative estimate of drug-likeness (QED) is 0.667. The van der Waals surface area contributed by atoms with Gasteiger partial charge < -0.3 is 10.2 Å². The Balaban J connectivity index is 2.14. The Labute approximate surface area is 78.5 Å². The number of piperazine rings is 1. The van der Waals surface area contributed by atoms with E-state index in [1.165, 1.54) is 5.69 Å². The van der Waals surface area contributed by atoms with Crippen LogP contribution in [0.1, 0.15) is 5.69 Å². The molecule has 72 valence electrons. The number of hydrogen-bond donors (Lipinski definition) is 1. The van der Waals surface area contributed by atoms with E-state index in [9.17, 15) is 0 Å². The second-order valence-corrected chi connectivity index (χ2v) is 3.50. The summed E-state index contributed by atoms with van der Waals surface area (Å²) in [5.74, 6) is 1.11. The van der Waals surface area contributed by atoms with Gasteiger partial charge in [0.15, 0.2) is 5.82 Å². The normalized spacial score (nSPS) is 17.8. The number of anilines is 1. The number of rotatable bonds is 1. The van der Waals surface area contributed by atoms with Crippen LogP contribution in [0.4, 0.5) is 5.82 Å². The molecule has 4 nitrogen and oxygen atoms in total. The van der Waals surface area contributed by atoms with Gasteiger partial charge in [-0.2, -0.15) is 5.10 Å². The van der Waals surface area contributed by atoms with E-state index in [-0.39, 0.29) is 0 Å². The summed E-state index contributed by atoms with van der Waals surface area (Å²) in [5, 5.41) is 7.78. The van der Waals surface area contributed by atoms with Crippen molar-refractivity contribution in [2.24, 2.45) is 7.05 Å². The Kier molecular flexibility index (Phi) is 2.22. The second kappa shape index (κ2) is 3.38. The van der Waals surface area contributed by atoms with E-state index in [0.29, 0.717) is 0 Å². The predicted molar refractivity (Wildman–Crippen MR) is 53.0 cm³/mol. The van der Waals surface area contributed by atoms with Crippen LogP contribution < -0.4 is 10.2 Å². The number of nitrogens with one attached hydrogen (secondary N) is 1. The zero-order chi connectivity index (χ0) is 9.26. The molecule has 1 aromatic heterocycles. The molecule has 0 atom stereocenters. The maximum absolute atomic E-state index is 4.45. The fraction of sp³-hybridized carbons (Fsp3) is 0.667. The highest BCUT2D eigenvalue weighted by molar-refractivity contribution is 5.39. The summed E-state index contributed by atoms with van der Waals surface area (Å²) in [6, 6.07) is 2.14. The Morgan fingerprint density at radius 3 is 2.62 bits per heavy atom. The highest BCUT2D eigenvalue weighted by Crippen LogP contribution is 2.13. The van der Waals surface area contributed by atoms with Crippen molar-refractivity contribution < 1.29 is 0 Å². The van der Waals surface area contributed by atoms with Gasteiger partial charge in [-0.1, -0.05) is 0 Å². The lowest BCUT2D eigenvalue weighted by atomic mass is 10.3. The van der Waals surface area contributed by atoms with Crippen LogP contribution in [0.2, 0.25) is 0 Å². The average molecular weight is 180 g/mol. The van der Waals surface area contributed by atoms with Gasteiger partial charge in [0.05, 0.1) is 0 Å². The van der Waals surface area contributed by atoms with Crippen molar-refractivity contribution in [3.63, 3.8) is 0 Å². The molecule has 1 aliphatic heterocycles. The highest BCUT2D eigenvalue weighted by Gasteiger charge is 2.13. The minimum Gasteiger partial charge on any atom is -0.353 e. The van der Waals surface area contributed by atoms with E-state index in [4.69, 9.17) is 0 Å². The van der Waals surface area contributed by atoms with Gasteiger partial charge in [0.1, 0.15) is 0 Å². The van der Waals surface area contributed by atoms with Gasteiger partial charge in [-0.3, -0.25) is 4.68 Å². The maximum Gasteiger partial charge on any atom is 0.150 e. The summed E-state index contributed by atoms with van der Waals surface area (Å²) in [6.45, 7) is 6.34. The molecule has 0 saturated carbocycles. The van der Waals surface area contributed by atoms with Crippen molar-refractivity contribution in [1.29, 1.82) is 0 Å². The van der Waals surface area contributed by atoms with E-state index in [0.717, 1.165) is 32.0 Å². The van der Waals surface area contributed by atoms with Crippen LogP contribution in [0.15, 0.2) is 6.07 Å². The Bertz CT molecular complexity index is 266. The molecule has 0 spiro atoms. The molecular formula is C9H16N4. The van der Waals surface area contributed by atoms with Gasteiger partial charge in [-0.25, -0.2) is 0 Å². The van der Waals surface area contributed by atoms with E-state index in [1.54, 1.807) is 0 Å². The lowest BCUT2D eigenvalue weighted by Crippen LogP contribution is -2.43. The zero-order valence-electron chi connectivity index (χ0n) is 8.25. The topological polar surface area (TPSA) is 33.1 Å². The van der Waals surface area contributed by atoms with Crippen molar-refractivity contribution in [2.45, 2.75) is 6.92 Å². The SMILES string of the molecule is Cc1cc(N2CCNCC2)nn1C. The third-order valence-electron chi connectivity index (χ3n) is 2.54. The molecule has 1 aliphatic rings. The van der Waals surface area contributed by atoms with Crippen LogP contribution >= 0.6 is 0 Å². The van der Waals surface area contributed by atoms with Crippen molar-refractivity contribution in [3.05, 3.63) is 11.8 Å². The van der Waals surface area contributed by atoms with Gasteiger partial charge >= 0.3 is 0 Å². The van der Waals surface area contributed by atoms with Gasteiger partial charge in [-0.05, 0) is 6.92 Å². The third kappa shape index (κ3) is 1.67. The molecule has 2 heterocycles. The van der Waals surface area contributed by atoms with Crippen molar-refractivity contribution in [1.82, 2.24) is 15.1 Å². The first-order valence-electron chi connectivity index (χ1n) is 4.73. The molecule has 1 N–H and O–H groups in total. The maximum atomic E-state index is 4.45. The summed E-state index contributed by atoms with van der Waals surface area (Å²) in [7, 11) is 1.99. The molecule has 2 rings (SSSR count). The Hall–Kier alpha value is -1.03. The van der Waals surface area contributed by atoms with Crippen LogP contribution in [0.25, 0.3) is 0 Å². The highest BCUT2D eigenvalue weighted by atomic mass is 15.4. The molecule has 4 heteroatoms. The monoisotopic (exact) mass is 180 g/mol.